The van der Waals surface area contributed by atoms with Gasteiger partial charge in [0, 0.05) is 11.6 Å². The summed E-state index contributed by atoms with van der Waals surface area (Å²) < 4.78 is 40.6. The summed E-state index contributed by atoms with van der Waals surface area (Å²) in [6.45, 7) is 0.491. The van der Waals surface area contributed by atoms with E-state index < -0.39 is 18.2 Å². The molecule has 4 nitrogen and oxygen atoms in total. The molecule has 1 aromatic heterocycles. The molecule has 0 radical (unpaired) electrons. The van der Waals surface area contributed by atoms with Gasteiger partial charge < -0.3 is 10.5 Å². The molecule has 0 saturated heterocycles. The fourth-order valence-corrected chi connectivity index (χ4v) is 2.21. The van der Waals surface area contributed by atoms with E-state index in [4.69, 9.17) is 5.73 Å². The Balaban J connectivity index is 2.03. The minimum Gasteiger partial charge on any atom is -0.483 e. The molecule has 1 saturated carbocycles. The van der Waals surface area contributed by atoms with Crippen LogP contribution in [-0.2, 0) is 4.79 Å². The number of hydrogen-bond donors (Lipinski definition) is 1. The average molecular weight is 288 g/mol. The Bertz CT molecular complexity index is 495. The Morgan fingerprint density at radius 1 is 1.50 bits per heavy atom. The number of aromatic nitrogens is 1. The first-order chi connectivity index (χ1) is 9.24. The first kappa shape index (κ1) is 14.6. The van der Waals surface area contributed by atoms with Crippen LogP contribution in [0.15, 0.2) is 18.3 Å². The SMILES string of the molecule is C[C@H](c1ccc(OCC(F)(F)F)cn1)C1(C(N)=O)CC1. The summed E-state index contributed by atoms with van der Waals surface area (Å²) in [6.07, 6.45) is -1.71. The number of pyridine rings is 1. The van der Waals surface area contributed by atoms with Crippen LogP contribution in [0.3, 0.4) is 0 Å². The quantitative estimate of drug-likeness (QED) is 0.904. The van der Waals surface area contributed by atoms with E-state index in [0.29, 0.717) is 5.69 Å². The van der Waals surface area contributed by atoms with E-state index in [-0.39, 0.29) is 17.6 Å². The summed E-state index contributed by atoms with van der Waals surface area (Å²) in [4.78, 5) is 15.5. The van der Waals surface area contributed by atoms with Gasteiger partial charge in [0.15, 0.2) is 6.61 Å². The molecular formula is C13H15F3N2O2. The number of rotatable bonds is 5. The molecule has 1 atom stereocenters. The summed E-state index contributed by atoms with van der Waals surface area (Å²) in [6, 6.07) is 2.99. The van der Waals surface area contributed by atoms with Crippen LogP contribution >= 0.6 is 0 Å². The molecule has 1 aliphatic rings. The Morgan fingerprint density at radius 3 is 2.55 bits per heavy atom. The largest absolute Gasteiger partial charge is 0.483 e. The number of nitrogens with two attached hydrogens (primary N) is 1. The van der Waals surface area contributed by atoms with Crippen molar-refractivity contribution in [2.24, 2.45) is 11.1 Å². The van der Waals surface area contributed by atoms with Crippen molar-refractivity contribution in [2.45, 2.75) is 31.9 Å². The van der Waals surface area contributed by atoms with E-state index in [1.807, 2.05) is 6.92 Å². The van der Waals surface area contributed by atoms with E-state index in [1.165, 1.54) is 12.3 Å². The molecule has 1 fully saturated rings. The van der Waals surface area contributed by atoms with Crippen LogP contribution < -0.4 is 10.5 Å². The fourth-order valence-electron chi connectivity index (χ4n) is 2.21. The third-order valence-corrected chi connectivity index (χ3v) is 3.71. The maximum atomic E-state index is 12.0. The molecule has 0 spiro atoms. The molecular weight excluding hydrogens is 273 g/mol. The molecule has 7 heteroatoms. The summed E-state index contributed by atoms with van der Waals surface area (Å²) in [5, 5.41) is 0. The van der Waals surface area contributed by atoms with Crippen LogP contribution in [0.5, 0.6) is 5.75 Å². The molecule has 0 bridgehead atoms. The lowest BCUT2D eigenvalue weighted by molar-refractivity contribution is -0.153. The molecule has 1 amide bonds. The van der Waals surface area contributed by atoms with E-state index in [2.05, 4.69) is 9.72 Å². The van der Waals surface area contributed by atoms with Crippen molar-refractivity contribution in [3.8, 4) is 5.75 Å². The number of carbonyl (C=O) groups excluding carboxylic acids is 1. The Kier molecular flexibility index (Phi) is 3.62. The summed E-state index contributed by atoms with van der Waals surface area (Å²) in [5.41, 5.74) is 5.45. The second-order valence-electron chi connectivity index (χ2n) is 5.06. The van der Waals surface area contributed by atoms with Gasteiger partial charge in [-0.15, -0.1) is 0 Å². The minimum atomic E-state index is -4.38. The average Bonchev–Trinajstić information content (AvgIpc) is 3.17. The highest BCUT2D eigenvalue weighted by molar-refractivity contribution is 5.84. The lowest BCUT2D eigenvalue weighted by Crippen LogP contribution is -2.29. The second-order valence-corrected chi connectivity index (χ2v) is 5.06. The molecule has 0 unspecified atom stereocenters. The molecule has 1 aliphatic carbocycles. The van der Waals surface area contributed by atoms with Crippen LogP contribution in [0, 0.1) is 5.41 Å². The second kappa shape index (κ2) is 4.96. The van der Waals surface area contributed by atoms with E-state index >= 15 is 0 Å². The number of nitrogens with zero attached hydrogens (tertiary/aromatic N) is 1. The summed E-state index contributed by atoms with van der Waals surface area (Å²) >= 11 is 0. The molecule has 1 heterocycles. The zero-order chi connectivity index (χ0) is 15.0. The van der Waals surface area contributed by atoms with Crippen molar-refractivity contribution >= 4 is 5.91 Å². The van der Waals surface area contributed by atoms with Crippen molar-refractivity contribution in [2.75, 3.05) is 6.61 Å². The predicted octanol–water partition coefficient (Wildman–Crippen LogP) is 2.39. The van der Waals surface area contributed by atoms with Gasteiger partial charge in [0.05, 0.1) is 11.6 Å². The topological polar surface area (TPSA) is 65.2 Å². The first-order valence-electron chi connectivity index (χ1n) is 6.20. The number of alkyl halides is 3. The summed E-state index contributed by atoms with van der Waals surface area (Å²) in [7, 11) is 0. The fraction of sp³-hybridized carbons (Fsp3) is 0.538. The third kappa shape index (κ3) is 3.02. The monoisotopic (exact) mass is 288 g/mol. The van der Waals surface area contributed by atoms with E-state index in [9.17, 15) is 18.0 Å². The normalized spacial score (nSPS) is 18.4. The van der Waals surface area contributed by atoms with Crippen molar-refractivity contribution in [3.05, 3.63) is 24.0 Å². The van der Waals surface area contributed by atoms with E-state index in [1.54, 1.807) is 6.07 Å². The Hall–Kier alpha value is -1.79. The van der Waals surface area contributed by atoms with Gasteiger partial charge >= 0.3 is 6.18 Å². The molecule has 110 valence electrons. The highest BCUT2D eigenvalue weighted by atomic mass is 19.4. The van der Waals surface area contributed by atoms with Gasteiger partial charge in [0.1, 0.15) is 5.75 Å². The number of primary amides is 1. The summed E-state index contributed by atoms with van der Waals surface area (Å²) in [5.74, 6) is -0.469. The van der Waals surface area contributed by atoms with Crippen molar-refractivity contribution in [1.82, 2.24) is 4.98 Å². The lowest BCUT2D eigenvalue weighted by Gasteiger charge is -2.19. The van der Waals surface area contributed by atoms with Gasteiger partial charge in [0.25, 0.3) is 0 Å². The van der Waals surface area contributed by atoms with Crippen molar-refractivity contribution in [3.63, 3.8) is 0 Å². The van der Waals surface area contributed by atoms with Crippen LogP contribution in [0.25, 0.3) is 0 Å². The smallest absolute Gasteiger partial charge is 0.422 e. The van der Waals surface area contributed by atoms with Crippen molar-refractivity contribution in [1.29, 1.82) is 0 Å². The predicted molar refractivity (Wildman–Crippen MR) is 65.1 cm³/mol. The number of hydrogen-bond acceptors (Lipinski definition) is 3. The minimum absolute atomic E-state index is 0.0437. The number of amides is 1. The molecule has 2 N–H and O–H groups in total. The lowest BCUT2D eigenvalue weighted by atomic mass is 9.87. The zero-order valence-corrected chi connectivity index (χ0v) is 10.9. The van der Waals surface area contributed by atoms with E-state index in [0.717, 1.165) is 12.8 Å². The van der Waals surface area contributed by atoms with Gasteiger partial charge in [-0.05, 0) is 25.0 Å². The first-order valence-corrected chi connectivity index (χ1v) is 6.20. The molecule has 0 aliphatic heterocycles. The van der Waals surface area contributed by atoms with Gasteiger partial charge in [-0.25, -0.2) is 0 Å². The molecule has 2 rings (SSSR count). The van der Waals surface area contributed by atoms with Gasteiger partial charge in [-0.1, -0.05) is 6.92 Å². The van der Waals surface area contributed by atoms with Gasteiger partial charge in [0.2, 0.25) is 5.91 Å². The molecule has 0 aromatic carbocycles. The van der Waals surface area contributed by atoms with Crippen LogP contribution in [0.1, 0.15) is 31.4 Å². The highest BCUT2D eigenvalue weighted by Gasteiger charge is 2.53. The zero-order valence-electron chi connectivity index (χ0n) is 10.9. The van der Waals surface area contributed by atoms with Gasteiger partial charge in [-0.2, -0.15) is 13.2 Å². The van der Waals surface area contributed by atoms with Gasteiger partial charge in [-0.3, -0.25) is 9.78 Å². The third-order valence-electron chi connectivity index (χ3n) is 3.71. The maximum Gasteiger partial charge on any atom is 0.422 e. The van der Waals surface area contributed by atoms with Crippen LogP contribution in [0.2, 0.25) is 0 Å². The number of ether oxygens (including phenoxy) is 1. The number of halogens is 3. The van der Waals surface area contributed by atoms with Crippen LogP contribution in [0.4, 0.5) is 13.2 Å². The van der Waals surface area contributed by atoms with Crippen LogP contribution in [-0.4, -0.2) is 23.7 Å². The highest BCUT2D eigenvalue weighted by Crippen LogP contribution is 2.55. The Labute approximate surface area is 114 Å². The number of carbonyl (C=O) groups is 1. The Morgan fingerprint density at radius 2 is 2.15 bits per heavy atom. The maximum absolute atomic E-state index is 12.0. The van der Waals surface area contributed by atoms with Crippen molar-refractivity contribution < 1.29 is 22.7 Å². The standard InChI is InChI=1S/C13H15F3N2O2/c1-8(12(4-5-12)11(17)19)10-3-2-9(6-18-10)20-7-13(14,15)16/h2-3,6,8H,4-5,7H2,1H3,(H2,17,19)/t8-/m1/s1. The molecule has 20 heavy (non-hydrogen) atoms. The molecule has 1 aromatic rings.